The Morgan fingerprint density at radius 1 is 1.25 bits per heavy atom. The van der Waals surface area contributed by atoms with Gasteiger partial charge in [0.15, 0.2) is 0 Å². The second-order valence-corrected chi connectivity index (χ2v) is 7.13. The zero-order valence-corrected chi connectivity index (χ0v) is 15.8. The highest BCUT2D eigenvalue weighted by Crippen LogP contribution is 2.21. The molecule has 2 aromatic carbocycles. The van der Waals surface area contributed by atoms with Crippen LogP contribution in [0.4, 0.5) is 0 Å². The number of amides is 1. The van der Waals surface area contributed by atoms with Crippen molar-refractivity contribution in [3.63, 3.8) is 0 Å². The molecule has 0 unspecified atom stereocenters. The van der Waals surface area contributed by atoms with Crippen LogP contribution in [-0.4, -0.2) is 47.6 Å². The highest BCUT2D eigenvalue weighted by Gasteiger charge is 2.30. The fourth-order valence-electron chi connectivity index (χ4n) is 3.55. The van der Waals surface area contributed by atoms with E-state index in [9.17, 15) is 14.7 Å². The van der Waals surface area contributed by atoms with E-state index < -0.39 is 12.0 Å². The number of carboxylic acid groups (broad SMARTS) is 1. The second kappa shape index (κ2) is 8.68. The Morgan fingerprint density at radius 3 is 2.61 bits per heavy atom. The van der Waals surface area contributed by atoms with Crippen LogP contribution in [0.25, 0.3) is 11.1 Å². The Hall–Kier alpha value is -3.17. The predicted molar refractivity (Wildman–Crippen MR) is 106 cm³/mol. The van der Waals surface area contributed by atoms with Gasteiger partial charge in [-0.1, -0.05) is 36.4 Å². The largest absolute Gasteiger partial charge is 0.480 e. The van der Waals surface area contributed by atoms with E-state index in [0.29, 0.717) is 5.56 Å². The van der Waals surface area contributed by atoms with E-state index >= 15 is 0 Å². The fourth-order valence-corrected chi connectivity index (χ4v) is 3.55. The highest BCUT2D eigenvalue weighted by molar-refractivity contribution is 5.87. The van der Waals surface area contributed by atoms with Gasteiger partial charge < -0.3 is 10.4 Å². The van der Waals surface area contributed by atoms with Crippen LogP contribution in [0.15, 0.2) is 48.5 Å². The average Bonchev–Trinajstić information content (AvgIpc) is 3.14. The number of hydrogen-bond acceptors (Lipinski definition) is 4. The normalized spacial score (nSPS) is 17.6. The van der Waals surface area contributed by atoms with Gasteiger partial charge in [-0.25, -0.2) is 4.79 Å². The molecule has 2 atom stereocenters. The van der Waals surface area contributed by atoms with Crippen molar-refractivity contribution in [3.8, 4) is 17.2 Å². The second-order valence-electron chi connectivity index (χ2n) is 7.13. The molecule has 6 nitrogen and oxygen atoms in total. The minimum Gasteiger partial charge on any atom is -0.480 e. The molecule has 1 aliphatic rings. The molecule has 3 rings (SSSR count). The van der Waals surface area contributed by atoms with Gasteiger partial charge in [-0.05, 0) is 55.3 Å². The van der Waals surface area contributed by atoms with Gasteiger partial charge in [-0.15, -0.1) is 0 Å². The summed E-state index contributed by atoms with van der Waals surface area (Å²) in [7, 11) is 1.88. The lowest BCUT2D eigenvalue weighted by Gasteiger charge is -2.22. The Balaban J connectivity index is 1.69. The van der Waals surface area contributed by atoms with Crippen molar-refractivity contribution in [2.24, 2.45) is 0 Å². The summed E-state index contributed by atoms with van der Waals surface area (Å²) in [6, 6.07) is 15.7. The number of likely N-dealkylation sites (tertiary alicyclic amines) is 1. The molecule has 6 heteroatoms. The Bertz CT molecular complexity index is 902. The molecule has 1 amide bonds. The lowest BCUT2D eigenvalue weighted by molar-refractivity contribution is -0.142. The number of likely N-dealkylation sites (N-methyl/N-ethyl adjacent to an activating group) is 1. The van der Waals surface area contributed by atoms with Crippen LogP contribution in [0, 0.1) is 11.3 Å². The van der Waals surface area contributed by atoms with Gasteiger partial charge in [0.25, 0.3) is 0 Å². The van der Waals surface area contributed by atoms with Crippen molar-refractivity contribution < 1.29 is 14.7 Å². The third-order valence-electron chi connectivity index (χ3n) is 5.16. The molecule has 0 radical (unpaired) electrons. The van der Waals surface area contributed by atoms with E-state index in [0.717, 1.165) is 36.1 Å². The molecule has 2 aromatic rings. The standard InChI is InChI=1S/C22H23N3O3/c1-25-11-3-6-20(25)21(26)24-19(22(27)28)13-15-7-9-17(10-8-15)18-5-2-4-16(12-18)14-23/h2,4-5,7-10,12,19-20H,3,6,11,13H2,1H3,(H,24,26)(H,27,28)/t19-,20-/m0/s1. The summed E-state index contributed by atoms with van der Waals surface area (Å²) in [6.07, 6.45) is 1.92. The van der Waals surface area contributed by atoms with Gasteiger partial charge in [-0.2, -0.15) is 5.26 Å². The Labute approximate surface area is 164 Å². The zero-order chi connectivity index (χ0) is 20.1. The van der Waals surface area contributed by atoms with Crippen LogP contribution >= 0.6 is 0 Å². The van der Waals surface area contributed by atoms with Gasteiger partial charge in [0, 0.05) is 6.42 Å². The number of nitrogens with one attached hydrogen (secondary N) is 1. The van der Waals surface area contributed by atoms with E-state index in [1.165, 1.54) is 0 Å². The van der Waals surface area contributed by atoms with Crippen molar-refractivity contribution in [1.82, 2.24) is 10.2 Å². The molecule has 0 aliphatic carbocycles. The molecule has 1 fully saturated rings. The van der Waals surface area contributed by atoms with Gasteiger partial charge in [0.1, 0.15) is 6.04 Å². The van der Waals surface area contributed by atoms with Crippen LogP contribution in [0.1, 0.15) is 24.0 Å². The van der Waals surface area contributed by atoms with Crippen LogP contribution < -0.4 is 5.32 Å². The number of aliphatic carboxylic acids is 1. The Kier molecular flexibility index (Phi) is 6.07. The number of nitriles is 1. The molecular weight excluding hydrogens is 354 g/mol. The van der Waals surface area contributed by atoms with Gasteiger partial charge >= 0.3 is 5.97 Å². The van der Waals surface area contributed by atoms with Crippen molar-refractivity contribution in [2.45, 2.75) is 31.3 Å². The summed E-state index contributed by atoms with van der Waals surface area (Å²) >= 11 is 0. The average molecular weight is 377 g/mol. The maximum absolute atomic E-state index is 12.4. The molecule has 144 valence electrons. The molecule has 0 bridgehead atoms. The van der Waals surface area contributed by atoms with E-state index in [2.05, 4.69) is 11.4 Å². The summed E-state index contributed by atoms with van der Waals surface area (Å²) in [4.78, 5) is 26.0. The monoisotopic (exact) mass is 377 g/mol. The molecule has 0 saturated carbocycles. The number of benzene rings is 2. The van der Waals surface area contributed by atoms with Crippen molar-refractivity contribution in [2.75, 3.05) is 13.6 Å². The molecule has 2 N–H and O–H groups in total. The quantitative estimate of drug-likeness (QED) is 0.806. The van der Waals surface area contributed by atoms with E-state index in [1.807, 2.05) is 54.4 Å². The summed E-state index contributed by atoms with van der Waals surface area (Å²) < 4.78 is 0. The third kappa shape index (κ3) is 4.56. The lowest BCUT2D eigenvalue weighted by Crippen LogP contribution is -2.49. The number of hydrogen-bond donors (Lipinski definition) is 2. The van der Waals surface area contributed by atoms with E-state index in [1.54, 1.807) is 6.07 Å². The summed E-state index contributed by atoms with van der Waals surface area (Å²) in [5.41, 5.74) is 3.29. The molecule has 1 aliphatic heterocycles. The van der Waals surface area contributed by atoms with Crippen LogP contribution in [-0.2, 0) is 16.0 Å². The van der Waals surface area contributed by atoms with Crippen LogP contribution in [0.3, 0.4) is 0 Å². The zero-order valence-electron chi connectivity index (χ0n) is 15.8. The summed E-state index contributed by atoms with van der Waals surface area (Å²) in [5, 5.41) is 21.2. The van der Waals surface area contributed by atoms with Crippen LogP contribution in [0.2, 0.25) is 0 Å². The van der Waals surface area contributed by atoms with Crippen molar-refractivity contribution >= 4 is 11.9 Å². The molecular formula is C22H23N3O3. The van der Waals surface area contributed by atoms with Crippen molar-refractivity contribution in [3.05, 3.63) is 59.7 Å². The van der Waals surface area contributed by atoms with Gasteiger partial charge in [-0.3, -0.25) is 9.69 Å². The van der Waals surface area contributed by atoms with E-state index in [4.69, 9.17) is 5.26 Å². The Morgan fingerprint density at radius 2 is 2.00 bits per heavy atom. The third-order valence-corrected chi connectivity index (χ3v) is 5.16. The van der Waals surface area contributed by atoms with Gasteiger partial charge in [0.2, 0.25) is 5.91 Å². The first-order chi connectivity index (χ1) is 13.5. The minimum atomic E-state index is -1.04. The van der Waals surface area contributed by atoms with Crippen molar-refractivity contribution in [1.29, 1.82) is 5.26 Å². The topological polar surface area (TPSA) is 93.4 Å². The summed E-state index contributed by atoms with van der Waals surface area (Å²) in [6.45, 7) is 0.851. The molecule has 1 heterocycles. The lowest BCUT2D eigenvalue weighted by atomic mass is 9.99. The number of nitrogens with zero attached hydrogens (tertiary/aromatic N) is 2. The molecule has 28 heavy (non-hydrogen) atoms. The van der Waals surface area contributed by atoms with E-state index in [-0.39, 0.29) is 18.4 Å². The van der Waals surface area contributed by atoms with Gasteiger partial charge in [0.05, 0.1) is 17.7 Å². The summed E-state index contributed by atoms with van der Waals surface area (Å²) in [5.74, 6) is -1.27. The highest BCUT2D eigenvalue weighted by atomic mass is 16.4. The first-order valence-electron chi connectivity index (χ1n) is 9.31. The molecule has 1 saturated heterocycles. The SMILES string of the molecule is CN1CCC[C@H]1C(=O)N[C@@H](Cc1ccc(-c2cccc(C#N)c2)cc1)C(=O)O. The first-order valence-corrected chi connectivity index (χ1v) is 9.31. The minimum absolute atomic E-state index is 0.218. The maximum atomic E-state index is 12.4. The predicted octanol–water partition coefficient (Wildman–Crippen LogP) is 2.43. The number of carbonyl (C=O) groups is 2. The number of rotatable bonds is 6. The van der Waals surface area contributed by atoms with Crippen LogP contribution in [0.5, 0.6) is 0 Å². The number of carboxylic acids is 1. The first kappa shape index (κ1) is 19.6. The maximum Gasteiger partial charge on any atom is 0.326 e. The number of carbonyl (C=O) groups excluding carboxylic acids is 1. The smallest absolute Gasteiger partial charge is 0.326 e. The molecule has 0 spiro atoms. The molecule has 0 aromatic heterocycles. The fraction of sp³-hybridized carbons (Fsp3) is 0.318.